The second kappa shape index (κ2) is 7.09. The molecule has 0 saturated carbocycles. The smallest absolute Gasteiger partial charge is 0.257 e. The zero-order chi connectivity index (χ0) is 13.5. The molecule has 1 saturated heterocycles. The standard InChI is InChI=1S/C14H19FN2O2/c15-12-1-3-13(4-2-12)19-10-14(18)17-9-11-5-7-16-8-6-11/h1-4,11,16H,5-10H2,(H,17,18). The maximum atomic E-state index is 12.7. The van der Waals surface area contributed by atoms with Crippen molar-refractivity contribution < 1.29 is 13.9 Å². The van der Waals surface area contributed by atoms with Gasteiger partial charge in [-0.15, -0.1) is 0 Å². The molecule has 2 N–H and O–H groups in total. The van der Waals surface area contributed by atoms with Crippen molar-refractivity contribution in [3.05, 3.63) is 30.1 Å². The van der Waals surface area contributed by atoms with E-state index in [1.807, 2.05) is 0 Å². The molecule has 4 nitrogen and oxygen atoms in total. The quantitative estimate of drug-likeness (QED) is 0.845. The van der Waals surface area contributed by atoms with Crippen molar-refractivity contribution in [1.29, 1.82) is 0 Å². The Kier molecular flexibility index (Phi) is 5.15. The van der Waals surface area contributed by atoms with Gasteiger partial charge in [0.25, 0.3) is 5.91 Å². The largest absolute Gasteiger partial charge is 0.484 e. The average molecular weight is 266 g/mol. The van der Waals surface area contributed by atoms with E-state index in [-0.39, 0.29) is 18.3 Å². The number of rotatable bonds is 5. The molecule has 0 bridgehead atoms. The second-order valence-corrected chi connectivity index (χ2v) is 4.74. The minimum absolute atomic E-state index is 0.0311. The van der Waals surface area contributed by atoms with Gasteiger partial charge in [0.15, 0.2) is 6.61 Å². The van der Waals surface area contributed by atoms with Gasteiger partial charge in [-0.3, -0.25) is 4.79 Å². The van der Waals surface area contributed by atoms with Crippen LogP contribution >= 0.6 is 0 Å². The van der Waals surface area contributed by atoms with Crippen LogP contribution in [-0.2, 0) is 4.79 Å². The van der Waals surface area contributed by atoms with Crippen LogP contribution in [-0.4, -0.2) is 32.1 Å². The molecule has 1 fully saturated rings. The Labute approximate surface area is 112 Å². The lowest BCUT2D eigenvalue weighted by molar-refractivity contribution is -0.123. The van der Waals surface area contributed by atoms with Crippen LogP contribution < -0.4 is 15.4 Å². The highest BCUT2D eigenvalue weighted by Crippen LogP contribution is 2.11. The van der Waals surface area contributed by atoms with E-state index in [1.54, 1.807) is 0 Å². The SMILES string of the molecule is O=C(COc1ccc(F)cc1)NCC1CCNCC1. The number of hydrogen-bond donors (Lipinski definition) is 2. The van der Waals surface area contributed by atoms with Gasteiger partial charge in [0.2, 0.25) is 0 Å². The lowest BCUT2D eigenvalue weighted by atomic mass is 9.98. The van der Waals surface area contributed by atoms with Crippen molar-refractivity contribution in [3.8, 4) is 5.75 Å². The number of piperidine rings is 1. The first kappa shape index (κ1) is 13.8. The summed E-state index contributed by atoms with van der Waals surface area (Å²) in [6.45, 7) is 2.71. The number of carbonyl (C=O) groups excluding carboxylic acids is 1. The summed E-state index contributed by atoms with van der Waals surface area (Å²) in [7, 11) is 0. The van der Waals surface area contributed by atoms with Crippen LogP contribution in [0.25, 0.3) is 0 Å². The van der Waals surface area contributed by atoms with E-state index in [0.29, 0.717) is 18.2 Å². The van der Waals surface area contributed by atoms with Crippen LogP contribution in [0.2, 0.25) is 0 Å². The first-order valence-electron chi connectivity index (χ1n) is 6.60. The van der Waals surface area contributed by atoms with Crippen molar-refractivity contribution in [1.82, 2.24) is 10.6 Å². The second-order valence-electron chi connectivity index (χ2n) is 4.74. The monoisotopic (exact) mass is 266 g/mol. The van der Waals surface area contributed by atoms with Crippen molar-refractivity contribution in [2.75, 3.05) is 26.2 Å². The molecule has 104 valence electrons. The van der Waals surface area contributed by atoms with Crippen LogP contribution in [0, 0.1) is 11.7 Å². The van der Waals surface area contributed by atoms with E-state index in [1.165, 1.54) is 24.3 Å². The van der Waals surface area contributed by atoms with E-state index in [2.05, 4.69) is 10.6 Å². The fourth-order valence-electron chi connectivity index (χ4n) is 2.07. The Bertz CT molecular complexity index is 402. The summed E-state index contributed by atoms with van der Waals surface area (Å²) in [4.78, 5) is 11.6. The van der Waals surface area contributed by atoms with E-state index < -0.39 is 0 Å². The Morgan fingerprint density at radius 1 is 1.32 bits per heavy atom. The number of carbonyl (C=O) groups is 1. The van der Waals surface area contributed by atoms with Crippen LogP contribution in [0.3, 0.4) is 0 Å². The molecule has 1 aromatic carbocycles. The van der Waals surface area contributed by atoms with Gasteiger partial charge in [-0.25, -0.2) is 4.39 Å². The van der Waals surface area contributed by atoms with Gasteiger partial charge in [-0.1, -0.05) is 0 Å². The molecule has 0 aromatic heterocycles. The number of benzene rings is 1. The molecule has 0 unspecified atom stereocenters. The molecule has 0 spiro atoms. The Balaban J connectivity index is 1.65. The van der Waals surface area contributed by atoms with E-state index >= 15 is 0 Å². The van der Waals surface area contributed by atoms with Crippen molar-refractivity contribution >= 4 is 5.91 Å². The Morgan fingerprint density at radius 2 is 2.00 bits per heavy atom. The fraction of sp³-hybridized carbons (Fsp3) is 0.500. The zero-order valence-corrected chi connectivity index (χ0v) is 10.8. The molecule has 1 heterocycles. The summed E-state index contributed by atoms with van der Waals surface area (Å²) < 4.78 is 17.9. The maximum Gasteiger partial charge on any atom is 0.257 e. The van der Waals surface area contributed by atoms with Gasteiger partial charge in [-0.2, -0.15) is 0 Å². The molecular formula is C14H19FN2O2. The molecule has 0 aliphatic carbocycles. The number of hydrogen-bond acceptors (Lipinski definition) is 3. The summed E-state index contributed by atoms with van der Waals surface area (Å²) in [5.74, 6) is 0.597. The Hall–Kier alpha value is -1.62. The molecule has 0 atom stereocenters. The molecule has 2 rings (SSSR count). The van der Waals surface area contributed by atoms with Crippen LogP contribution in [0.5, 0.6) is 5.75 Å². The number of amides is 1. The fourth-order valence-corrected chi connectivity index (χ4v) is 2.07. The van der Waals surface area contributed by atoms with Crippen molar-refractivity contribution in [3.63, 3.8) is 0 Å². The highest BCUT2D eigenvalue weighted by Gasteiger charge is 2.13. The lowest BCUT2D eigenvalue weighted by Crippen LogP contribution is -2.37. The number of halogens is 1. The molecule has 1 aliphatic rings. The highest BCUT2D eigenvalue weighted by molar-refractivity contribution is 5.77. The van der Waals surface area contributed by atoms with Gasteiger partial charge >= 0.3 is 0 Å². The van der Waals surface area contributed by atoms with Crippen LogP contribution in [0.4, 0.5) is 4.39 Å². The molecular weight excluding hydrogens is 247 g/mol. The van der Waals surface area contributed by atoms with Gasteiger partial charge in [-0.05, 0) is 56.1 Å². The van der Waals surface area contributed by atoms with Crippen molar-refractivity contribution in [2.45, 2.75) is 12.8 Å². The van der Waals surface area contributed by atoms with E-state index in [4.69, 9.17) is 4.74 Å². The summed E-state index contributed by atoms with van der Waals surface area (Å²) in [5.41, 5.74) is 0. The normalized spacial score (nSPS) is 16.1. The topological polar surface area (TPSA) is 50.4 Å². The first-order chi connectivity index (χ1) is 9.24. The molecule has 0 radical (unpaired) electrons. The Morgan fingerprint density at radius 3 is 2.68 bits per heavy atom. The van der Waals surface area contributed by atoms with Crippen LogP contribution in [0.1, 0.15) is 12.8 Å². The van der Waals surface area contributed by atoms with Gasteiger partial charge < -0.3 is 15.4 Å². The third kappa shape index (κ3) is 4.87. The molecule has 5 heteroatoms. The molecule has 1 aromatic rings. The van der Waals surface area contributed by atoms with Crippen LogP contribution in [0.15, 0.2) is 24.3 Å². The van der Waals surface area contributed by atoms with Crippen molar-refractivity contribution in [2.24, 2.45) is 5.92 Å². The first-order valence-corrected chi connectivity index (χ1v) is 6.60. The number of nitrogens with one attached hydrogen (secondary N) is 2. The van der Waals surface area contributed by atoms with Gasteiger partial charge in [0, 0.05) is 6.54 Å². The van der Waals surface area contributed by atoms with E-state index in [9.17, 15) is 9.18 Å². The molecule has 19 heavy (non-hydrogen) atoms. The summed E-state index contributed by atoms with van der Waals surface area (Å²) >= 11 is 0. The third-order valence-corrected chi connectivity index (χ3v) is 3.23. The maximum absolute atomic E-state index is 12.7. The summed E-state index contributed by atoms with van der Waals surface area (Å²) in [6, 6.07) is 5.63. The predicted octanol–water partition coefficient (Wildman–Crippen LogP) is 1.32. The predicted molar refractivity (Wildman–Crippen MR) is 70.5 cm³/mol. The average Bonchev–Trinajstić information content (AvgIpc) is 2.45. The zero-order valence-electron chi connectivity index (χ0n) is 10.8. The lowest BCUT2D eigenvalue weighted by Gasteiger charge is -2.22. The number of ether oxygens (including phenoxy) is 1. The minimum atomic E-state index is -0.317. The van der Waals surface area contributed by atoms with Gasteiger partial charge in [0.05, 0.1) is 0 Å². The highest BCUT2D eigenvalue weighted by atomic mass is 19.1. The minimum Gasteiger partial charge on any atom is -0.484 e. The summed E-state index contributed by atoms with van der Waals surface area (Å²) in [6.07, 6.45) is 2.19. The molecule has 1 aliphatic heterocycles. The van der Waals surface area contributed by atoms with Gasteiger partial charge in [0.1, 0.15) is 11.6 Å². The van der Waals surface area contributed by atoms with E-state index in [0.717, 1.165) is 25.9 Å². The summed E-state index contributed by atoms with van der Waals surface area (Å²) in [5, 5.41) is 6.15. The third-order valence-electron chi connectivity index (χ3n) is 3.23. The molecule has 1 amide bonds.